The largest absolute Gasteiger partial charge is 0.461 e. The van der Waals surface area contributed by atoms with Crippen LogP contribution in [0.5, 0.6) is 0 Å². The number of carbonyl (C=O) groups is 3. The SMILES string of the molecule is CC(C)(C)OC(=O)NC(CC(=O)OCc1ccccc1)CC(=O)N1CCCC1C#N. The third-order valence-electron chi connectivity index (χ3n) is 4.52. The van der Waals surface area contributed by atoms with E-state index in [-0.39, 0.29) is 25.4 Å². The van der Waals surface area contributed by atoms with Crippen LogP contribution in [0.4, 0.5) is 4.79 Å². The van der Waals surface area contributed by atoms with Crippen molar-refractivity contribution < 1.29 is 23.9 Å². The molecule has 8 heteroatoms. The summed E-state index contributed by atoms with van der Waals surface area (Å²) in [4.78, 5) is 38.7. The fourth-order valence-corrected chi connectivity index (χ4v) is 3.17. The number of nitrogens with one attached hydrogen (secondary N) is 1. The first-order chi connectivity index (χ1) is 14.2. The van der Waals surface area contributed by atoms with Crippen LogP contribution < -0.4 is 5.32 Å². The predicted octanol–water partition coefficient (Wildman–Crippen LogP) is 2.92. The van der Waals surface area contributed by atoms with Gasteiger partial charge in [-0.15, -0.1) is 0 Å². The Morgan fingerprint density at radius 3 is 2.57 bits per heavy atom. The molecule has 8 nitrogen and oxygen atoms in total. The lowest BCUT2D eigenvalue weighted by atomic mass is 10.1. The van der Waals surface area contributed by atoms with Gasteiger partial charge in [-0.05, 0) is 39.2 Å². The van der Waals surface area contributed by atoms with Crippen LogP contribution in [0.1, 0.15) is 52.0 Å². The smallest absolute Gasteiger partial charge is 0.407 e. The molecule has 2 rings (SSSR count). The molecule has 0 spiro atoms. The number of carbonyl (C=O) groups excluding carboxylic acids is 3. The van der Waals surface area contributed by atoms with Gasteiger partial charge >= 0.3 is 12.1 Å². The maximum Gasteiger partial charge on any atom is 0.407 e. The third-order valence-corrected chi connectivity index (χ3v) is 4.52. The Labute approximate surface area is 177 Å². The summed E-state index contributed by atoms with van der Waals surface area (Å²) < 4.78 is 10.5. The molecule has 1 aliphatic heterocycles. The van der Waals surface area contributed by atoms with Crippen LogP contribution in [-0.4, -0.2) is 47.1 Å². The van der Waals surface area contributed by atoms with Crippen molar-refractivity contribution in [3.05, 3.63) is 35.9 Å². The Morgan fingerprint density at radius 2 is 1.93 bits per heavy atom. The minimum absolute atomic E-state index is 0.107. The predicted molar refractivity (Wildman–Crippen MR) is 109 cm³/mol. The molecular formula is C22H29N3O5. The molecule has 1 aromatic carbocycles. The van der Waals surface area contributed by atoms with E-state index in [2.05, 4.69) is 11.4 Å². The molecule has 0 aromatic heterocycles. The van der Waals surface area contributed by atoms with E-state index in [1.54, 1.807) is 20.8 Å². The van der Waals surface area contributed by atoms with E-state index in [1.165, 1.54) is 4.90 Å². The molecule has 1 fully saturated rings. The molecule has 1 aromatic rings. The van der Waals surface area contributed by atoms with Crippen molar-refractivity contribution in [3.63, 3.8) is 0 Å². The molecule has 0 aliphatic carbocycles. The molecular weight excluding hydrogens is 386 g/mol. The zero-order valence-corrected chi connectivity index (χ0v) is 17.7. The summed E-state index contributed by atoms with van der Waals surface area (Å²) in [7, 11) is 0. The van der Waals surface area contributed by atoms with E-state index in [0.717, 1.165) is 12.0 Å². The molecule has 0 bridgehead atoms. The summed E-state index contributed by atoms with van der Waals surface area (Å²) in [6.07, 6.45) is 0.383. The average Bonchev–Trinajstić information content (AvgIpc) is 3.14. The van der Waals surface area contributed by atoms with Crippen LogP contribution in [0.2, 0.25) is 0 Å². The van der Waals surface area contributed by atoms with Crippen molar-refractivity contribution in [1.29, 1.82) is 5.26 Å². The monoisotopic (exact) mass is 415 g/mol. The third kappa shape index (κ3) is 7.74. The van der Waals surface area contributed by atoms with Crippen LogP contribution in [0, 0.1) is 11.3 Å². The summed E-state index contributed by atoms with van der Waals surface area (Å²) >= 11 is 0. The second-order valence-electron chi connectivity index (χ2n) is 8.27. The van der Waals surface area contributed by atoms with Gasteiger partial charge in [0.25, 0.3) is 0 Å². The van der Waals surface area contributed by atoms with Gasteiger partial charge in [-0.25, -0.2) is 4.79 Å². The molecule has 2 amide bonds. The number of hydrogen-bond acceptors (Lipinski definition) is 6. The van der Waals surface area contributed by atoms with Gasteiger partial charge in [0, 0.05) is 13.0 Å². The molecule has 162 valence electrons. The molecule has 1 heterocycles. The van der Waals surface area contributed by atoms with E-state index in [0.29, 0.717) is 13.0 Å². The maximum absolute atomic E-state index is 12.7. The first-order valence-electron chi connectivity index (χ1n) is 10.1. The van der Waals surface area contributed by atoms with Gasteiger partial charge in [-0.3, -0.25) is 9.59 Å². The summed E-state index contributed by atoms with van der Waals surface area (Å²) in [5.74, 6) is -0.818. The lowest BCUT2D eigenvalue weighted by Gasteiger charge is -2.25. The molecule has 2 atom stereocenters. The number of amides is 2. The van der Waals surface area contributed by atoms with Gasteiger partial charge in [-0.1, -0.05) is 30.3 Å². The van der Waals surface area contributed by atoms with Crippen molar-refractivity contribution >= 4 is 18.0 Å². The standard InChI is InChI=1S/C22H29N3O5/c1-22(2,3)30-21(28)24-17(12-19(26)25-11-7-10-18(25)14-23)13-20(27)29-15-16-8-5-4-6-9-16/h4-6,8-9,17-18H,7,10-13,15H2,1-3H3,(H,24,28). The highest BCUT2D eigenvalue weighted by molar-refractivity contribution is 5.80. The minimum Gasteiger partial charge on any atom is -0.461 e. The van der Waals surface area contributed by atoms with Crippen LogP contribution in [0.3, 0.4) is 0 Å². The Hall–Kier alpha value is -3.08. The van der Waals surface area contributed by atoms with Gasteiger partial charge in [0.15, 0.2) is 0 Å². The first kappa shape index (κ1) is 23.2. The number of benzene rings is 1. The lowest BCUT2D eigenvalue weighted by molar-refractivity contribution is -0.145. The van der Waals surface area contributed by atoms with Crippen LogP contribution in [-0.2, 0) is 25.7 Å². The normalized spacial score (nSPS) is 17.0. The van der Waals surface area contributed by atoms with Gasteiger partial charge in [0.1, 0.15) is 18.2 Å². The average molecular weight is 415 g/mol. The summed E-state index contributed by atoms with van der Waals surface area (Å²) in [5, 5.41) is 11.8. The molecule has 0 saturated carbocycles. The van der Waals surface area contributed by atoms with E-state index in [9.17, 15) is 19.6 Å². The van der Waals surface area contributed by atoms with E-state index in [1.807, 2.05) is 30.3 Å². The fraction of sp³-hybridized carbons (Fsp3) is 0.545. The first-order valence-corrected chi connectivity index (χ1v) is 10.1. The number of nitrogens with zero attached hydrogens (tertiary/aromatic N) is 2. The van der Waals surface area contributed by atoms with Gasteiger partial charge in [-0.2, -0.15) is 5.26 Å². The van der Waals surface area contributed by atoms with Crippen molar-refractivity contribution in [2.24, 2.45) is 0 Å². The Balaban J connectivity index is 1.98. The second-order valence-corrected chi connectivity index (χ2v) is 8.27. The van der Waals surface area contributed by atoms with E-state index < -0.39 is 29.7 Å². The number of alkyl carbamates (subject to hydrolysis) is 1. The minimum atomic E-state index is -0.796. The molecule has 1 aliphatic rings. The highest BCUT2D eigenvalue weighted by Crippen LogP contribution is 2.19. The van der Waals surface area contributed by atoms with E-state index in [4.69, 9.17) is 9.47 Å². The van der Waals surface area contributed by atoms with Gasteiger partial charge < -0.3 is 19.7 Å². The van der Waals surface area contributed by atoms with Crippen LogP contribution in [0.15, 0.2) is 30.3 Å². The summed E-state index contributed by atoms with van der Waals surface area (Å²) in [6, 6.07) is 10.1. The molecule has 1 N–H and O–H groups in total. The van der Waals surface area contributed by atoms with E-state index >= 15 is 0 Å². The Morgan fingerprint density at radius 1 is 1.23 bits per heavy atom. The number of likely N-dealkylation sites (tertiary alicyclic amines) is 1. The van der Waals surface area contributed by atoms with Crippen molar-refractivity contribution in [3.8, 4) is 6.07 Å². The Kier molecular flexibility index (Phi) is 8.22. The molecule has 30 heavy (non-hydrogen) atoms. The number of rotatable bonds is 7. The Bertz CT molecular complexity index is 782. The quantitative estimate of drug-likeness (QED) is 0.686. The highest BCUT2D eigenvalue weighted by atomic mass is 16.6. The summed E-state index contributed by atoms with van der Waals surface area (Å²) in [6.45, 7) is 5.78. The van der Waals surface area contributed by atoms with Gasteiger partial charge in [0.2, 0.25) is 5.91 Å². The van der Waals surface area contributed by atoms with Crippen LogP contribution >= 0.6 is 0 Å². The second kappa shape index (κ2) is 10.6. The molecule has 0 radical (unpaired) electrons. The number of ether oxygens (including phenoxy) is 2. The van der Waals surface area contributed by atoms with Crippen LogP contribution in [0.25, 0.3) is 0 Å². The highest BCUT2D eigenvalue weighted by Gasteiger charge is 2.31. The summed E-state index contributed by atoms with van der Waals surface area (Å²) in [5.41, 5.74) is 0.125. The maximum atomic E-state index is 12.7. The zero-order chi connectivity index (χ0) is 22.1. The fourth-order valence-electron chi connectivity index (χ4n) is 3.17. The number of esters is 1. The molecule has 2 unspecified atom stereocenters. The molecule has 1 saturated heterocycles. The number of hydrogen-bond donors (Lipinski definition) is 1. The van der Waals surface area contributed by atoms with Gasteiger partial charge in [0.05, 0.1) is 18.5 Å². The van der Waals surface area contributed by atoms with Crippen molar-refractivity contribution in [2.75, 3.05) is 6.54 Å². The zero-order valence-electron chi connectivity index (χ0n) is 17.7. The van der Waals surface area contributed by atoms with Crippen molar-refractivity contribution in [2.45, 2.75) is 70.7 Å². The lowest BCUT2D eigenvalue weighted by Crippen LogP contribution is -2.44. The number of nitriles is 1. The topological polar surface area (TPSA) is 109 Å². The van der Waals surface area contributed by atoms with Crippen molar-refractivity contribution in [1.82, 2.24) is 10.2 Å².